The zero-order chi connectivity index (χ0) is 13.8. The number of aryl methyl sites for hydroxylation is 1. The third-order valence-corrected chi connectivity index (χ3v) is 3.04. The number of carboxylic acids is 1. The van der Waals surface area contributed by atoms with E-state index >= 15 is 0 Å². The number of amides is 1. The molecule has 0 saturated carbocycles. The molecular weight excluding hydrogens is 234 g/mol. The minimum atomic E-state index is -1.25. The topological polar surface area (TPSA) is 79.5 Å². The second kappa shape index (κ2) is 5.71. The first kappa shape index (κ1) is 14.3. The molecule has 1 rings (SSSR count). The van der Waals surface area contributed by atoms with Crippen LogP contribution in [0.4, 0.5) is 0 Å². The van der Waals surface area contributed by atoms with Gasteiger partial charge in [0.25, 0.3) is 5.91 Å². The summed E-state index contributed by atoms with van der Waals surface area (Å²) in [6, 6.07) is 1.57. The molecule has 0 bridgehead atoms. The van der Waals surface area contributed by atoms with Crippen LogP contribution in [0.1, 0.15) is 49.7 Å². The monoisotopic (exact) mass is 253 g/mol. The molecule has 0 aromatic carbocycles. The van der Waals surface area contributed by atoms with Gasteiger partial charge in [-0.15, -0.1) is 0 Å². The van der Waals surface area contributed by atoms with E-state index in [0.717, 1.165) is 6.42 Å². The van der Waals surface area contributed by atoms with E-state index in [-0.39, 0.29) is 0 Å². The molecule has 0 aliphatic rings. The number of aliphatic carboxylic acids is 1. The Balaban J connectivity index is 2.88. The van der Waals surface area contributed by atoms with E-state index in [0.29, 0.717) is 24.2 Å². The first-order valence-electron chi connectivity index (χ1n) is 6.07. The van der Waals surface area contributed by atoms with Crippen LogP contribution in [0.3, 0.4) is 0 Å². The molecule has 1 unspecified atom stereocenters. The maximum absolute atomic E-state index is 12.0. The van der Waals surface area contributed by atoms with E-state index in [1.54, 1.807) is 13.0 Å². The lowest BCUT2D eigenvalue weighted by molar-refractivity contribution is -0.143. The Kier molecular flexibility index (Phi) is 4.53. The number of carbonyl (C=O) groups excluding carboxylic acids is 1. The van der Waals surface area contributed by atoms with Crippen molar-refractivity contribution in [2.24, 2.45) is 0 Å². The summed E-state index contributed by atoms with van der Waals surface area (Å²) in [4.78, 5) is 23.2. The van der Waals surface area contributed by atoms with Crippen LogP contribution in [0.5, 0.6) is 0 Å². The highest BCUT2D eigenvalue weighted by Crippen LogP contribution is 2.16. The van der Waals surface area contributed by atoms with Gasteiger partial charge in [-0.25, -0.2) is 4.79 Å². The van der Waals surface area contributed by atoms with Crippen LogP contribution in [-0.2, 0) is 11.2 Å². The maximum atomic E-state index is 12.0. The molecule has 1 amide bonds. The van der Waals surface area contributed by atoms with E-state index < -0.39 is 17.4 Å². The largest absolute Gasteiger partial charge is 0.480 e. The summed E-state index contributed by atoms with van der Waals surface area (Å²) in [5, 5.41) is 11.7. The number of furan rings is 1. The molecule has 0 radical (unpaired) electrons. The molecule has 5 nitrogen and oxygen atoms in total. The van der Waals surface area contributed by atoms with Crippen molar-refractivity contribution < 1.29 is 19.1 Å². The zero-order valence-corrected chi connectivity index (χ0v) is 10.9. The minimum absolute atomic E-state index is 0.315. The minimum Gasteiger partial charge on any atom is -0.480 e. The highest BCUT2D eigenvalue weighted by atomic mass is 16.4. The van der Waals surface area contributed by atoms with Gasteiger partial charge in [0.15, 0.2) is 0 Å². The normalized spacial score (nSPS) is 13.9. The Bertz CT molecular complexity index is 438. The summed E-state index contributed by atoms with van der Waals surface area (Å²) >= 11 is 0. The Hall–Kier alpha value is -1.78. The fourth-order valence-electron chi connectivity index (χ4n) is 1.57. The van der Waals surface area contributed by atoms with Crippen molar-refractivity contribution in [3.63, 3.8) is 0 Å². The molecule has 100 valence electrons. The summed E-state index contributed by atoms with van der Waals surface area (Å²) < 4.78 is 5.23. The standard InChI is InChI=1S/C13H19NO4/c1-4-6-10-9(7-8-18-10)11(15)14-13(3,5-2)12(16)17/h7-8H,4-6H2,1-3H3,(H,14,15)(H,16,17). The Morgan fingerprint density at radius 1 is 1.44 bits per heavy atom. The van der Waals surface area contributed by atoms with Crippen LogP contribution >= 0.6 is 0 Å². The van der Waals surface area contributed by atoms with Crippen molar-refractivity contribution in [2.45, 2.75) is 45.6 Å². The van der Waals surface area contributed by atoms with Gasteiger partial charge >= 0.3 is 5.97 Å². The predicted octanol–water partition coefficient (Wildman–Crippen LogP) is 2.22. The molecular formula is C13H19NO4. The van der Waals surface area contributed by atoms with Crippen molar-refractivity contribution in [1.82, 2.24) is 5.32 Å². The Morgan fingerprint density at radius 2 is 2.11 bits per heavy atom. The summed E-state index contributed by atoms with van der Waals surface area (Å²) in [5.41, 5.74) is -0.838. The van der Waals surface area contributed by atoms with Gasteiger partial charge in [0.1, 0.15) is 11.3 Å². The predicted molar refractivity (Wildman–Crippen MR) is 66.5 cm³/mol. The van der Waals surface area contributed by atoms with Crippen molar-refractivity contribution in [3.8, 4) is 0 Å². The van der Waals surface area contributed by atoms with E-state index in [1.165, 1.54) is 13.2 Å². The lowest BCUT2D eigenvalue weighted by Gasteiger charge is -2.24. The summed E-state index contributed by atoms with van der Waals surface area (Å²) in [6.07, 6.45) is 3.28. The van der Waals surface area contributed by atoms with Gasteiger partial charge in [-0.2, -0.15) is 0 Å². The lowest BCUT2D eigenvalue weighted by atomic mass is 9.98. The van der Waals surface area contributed by atoms with Gasteiger partial charge in [-0.3, -0.25) is 4.79 Å². The molecule has 1 heterocycles. The molecule has 18 heavy (non-hydrogen) atoms. The molecule has 0 spiro atoms. The lowest BCUT2D eigenvalue weighted by Crippen LogP contribution is -2.51. The van der Waals surface area contributed by atoms with Gasteiger partial charge in [0, 0.05) is 6.42 Å². The van der Waals surface area contributed by atoms with Crippen LogP contribution in [0, 0.1) is 0 Å². The molecule has 0 aliphatic carbocycles. The second-order valence-electron chi connectivity index (χ2n) is 4.45. The summed E-state index contributed by atoms with van der Waals surface area (Å²) in [6.45, 7) is 5.20. The molecule has 0 fully saturated rings. The average Bonchev–Trinajstić information content (AvgIpc) is 2.77. The fraction of sp³-hybridized carbons (Fsp3) is 0.538. The maximum Gasteiger partial charge on any atom is 0.329 e. The first-order valence-corrected chi connectivity index (χ1v) is 6.07. The summed E-state index contributed by atoms with van der Waals surface area (Å²) in [7, 11) is 0. The number of hydrogen-bond donors (Lipinski definition) is 2. The van der Waals surface area contributed by atoms with Gasteiger partial charge in [0.05, 0.1) is 11.8 Å². The Morgan fingerprint density at radius 3 is 2.61 bits per heavy atom. The van der Waals surface area contributed by atoms with Crippen LogP contribution in [-0.4, -0.2) is 22.5 Å². The molecule has 2 N–H and O–H groups in total. The van der Waals surface area contributed by atoms with E-state index in [9.17, 15) is 9.59 Å². The smallest absolute Gasteiger partial charge is 0.329 e. The number of nitrogens with one attached hydrogen (secondary N) is 1. The van der Waals surface area contributed by atoms with Crippen LogP contribution in [0.25, 0.3) is 0 Å². The molecule has 0 saturated heterocycles. The number of hydrogen-bond acceptors (Lipinski definition) is 3. The van der Waals surface area contributed by atoms with Gasteiger partial charge in [-0.05, 0) is 25.8 Å². The van der Waals surface area contributed by atoms with E-state index in [4.69, 9.17) is 9.52 Å². The first-order chi connectivity index (χ1) is 8.44. The fourth-order valence-corrected chi connectivity index (χ4v) is 1.57. The second-order valence-corrected chi connectivity index (χ2v) is 4.45. The van der Waals surface area contributed by atoms with Crippen molar-refractivity contribution in [2.75, 3.05) is 0 Å². The number of carboxylic acid groups (broad SMARTS) is 1. The molecule has 5 heteroatoms. The Labute approximate surface area is 106 Å². The molecule has 1 aromatic rings. The zero-order valence-electron chi connectivity index (χ0n) is 10.9. The number of carbonyl (C=O) groups is 2. The molecule has 1 aromatic heterocycles. The van der Waals surface area contributed by atoms with Crippen molar-refractivity contribution >= 4 is 11.9 Å². The molecule has 0 aliphatic heterocycles. The third kappa shape index (κ3) is 2.91. The highest BCUT2D eigenvalue weighted by Gasteiger charge is 2.33. The van der Waals surface area contributed by atoms with Crippen LogP contribution in [0.2, 0.25) is 0 Å². The van der Waals surface area contributed by atoms with Crippen LogP contribution < -0.4 is 5.32 Å². The summed E-state index contributed by atoms with van der Waals surface area (Å²) in [5.74, 6) is -0.850. The van der Waals surface area contributed by atoms with Gasteiger partial charge in [0.2, 0.25) is 0 Å². The third-order valence-electron chi connectivity index (χ3n) is 3.04. The van der Waals surface area contributed by atoms with Crippen LogP contribution in [0.15, 0.2) is 16.7 Å². The van der Waals surface area contributed by atoms with Crippen molar-refractivity contribution in [1.29, 1.82) is 0 Å². The average molecular weight is 253 g/mol. The quantitative estimate of drug-likeness (QED) is 0.814. The number of rotatable bonds is 6. The van der Waals surface area contributed by atoms with E-state index in [2.05, 4.69) is 5.32 Å². The van der Waals surface area contributed by atoms with Gasteiger partial charge < -0.3 is 14.8 Å². The SMILES string of the molecule is CCCc1occc1C(=O)NC(C)(CC)C(=O)O. The van der Waals surface area contributed by atoms with Gasteiger partial charge in [-0.1, -0.05) is 13.8 Å². The highest BCUT2D eigenvalue weighted by molar-refractivity contribution is 5.98. The molecule has 1 atom stereocenters. The van der Waals surface area contributed by atoms with E-state index in [1.807, 2.05) is 6.92 Å². The van der Waals surface area contributed by atoms with Crippen molar-refractivity contribution in [3.05, 3.63) is 23.7 Å².